The molecule has 7 nitrogen and oxygen atoms in total. The lowest BCUT2D eigenvalue weighted by Gasteiger charge is -2.12. The highest BCUT2D eigenvalue weighted by Gasteiger charge is 2.16. The molecular weight excluding hydrogens is 420 g/mol. The minimum absolute atomic E-state index is 0.151. The summed E-state index contributed by atoms with van der Waals surface area (Å²) in [5, 5.41) is 4.65. The van der Waals surface area contributed by atoms with Crippen LogP contribution in [0.1, 0.15) is 21.5 Å². The molecule has 1 N–H and O–H groups in total. The molecule has 0 fully saturated rings. The fourth-order valence-corrected chi connectivity index (χ4v) is 3.11. The van der Waals surface area contributed by atoms with E-state index in [-0.39, 0.29) is 12.7 Å². The van der Waals surface area contributed by atoms with E-state index in [1.54, 1.807) is 43.5 Å². The van der Waals surface area contributed by atoms with Gasteiger partial charge in [-0.2, -0.15) is 5.10 Å². The van der Waals surface area contributed by atoms with Crippen molar-refractivity contribution in [3.63, 3.8) is 0 Å². The Morgan fingerprint density at radius 3 is 2.77 bits per heavy atom. The molecule has 0 radical (unpaired) electrons. The van der Waals surface area contributed by atoms with E-state index in [2.05, 4.69) is 10.5 Å². The highest BCUT2D eigenvalue weighted by Crippen LogP contribution is 2.32. The SMILES string of the molecule is COc1cc(/C=N/NC(=O)c2ccc3c(c2)OCO3)ccc1OCc1ccccc1Cl. The Morgan fingerprint density at radius 2 is 1.94 bits per heavy atom. The van der Waals surface area contributed by atoms with E-state index in [4.69, 9.17) is 30.5 Å². The summed E-state index contributed by atoms with van der Waals surface area (Å²) in [5.74, 6) is 1.90. The van der Waals surface area contributed by atoms with Gasteiger partial charge in [-0.05, 0) is 48.0 Å². The summed E-state index contributed by atoms with van der Waals surface area (Å²) >= 11 is 6.17. The third-order valence-corrected chi connectivity index (χ3v) is 4.91. The highest BCUT2D eigenvalue weighted by atomic mass is 35.5. The zero-order valence-corrected chi connectivity index (χ0v) is 17.4. The largest absolute Gasteiger partial charge is 0.493 e. The monoisotopic (exact) mass is 438 g/mol. The molecule has 0 bridgehead atoms. The molecule has 0 unspecified atom stereocenters. The fraction of sp³-hybridized carbons (Fsp3) is 0.130. The van der Waals surface area contributed by atoms with Gasteiger partial charge < -0.3 is 18.9 Å². The van der Waals surface area contributed by atoms with Crippen molar-refractivity contribution >= 4 is 23.7 Å². The normalized spacial score (nSPS) is 12.1. The summed E-state index contributed by atoms with van der Waals surface area (Å²) < 4.78 is 21.8. The molecule has 8 heteroatoms. The van der Waals surface area contributed by atoms with Gasteiger partial charge in [0.15, 0.2) is 23.0 Å². The Balaban J connectivity index is 1.38. The van der Waals surface area contributed by atoms with Crippen LogP contribution < -0.4 is 24.4 Å². The first-order chi connectivity index (χ1) is 15.1. The Labute approximate surface area is 184 Å². The quantitative estimate of drug-likeness (QED) is 0.436. The number of hydrogen-bond acceptors (Lipinski definition) is 6. The van der Waals surface area contributed by atoms with Crippen LogP contribution in [0.25, 0.3) is 0 Å². The molecule has 0 aromatic heterocycles. The Bertz CT molecular complexity index is 1130. The number of hydrogen-bond donors (Lipinski definition) is 1. The first kappa shape index (κ1) is 20.6. The van der Waals surface area contributed by atoms with Gasteiger partial charge in [0.2, 0.25) is 6.79 Å². The first-order valence-corrected chi connectivity index (χ1v) is 9.79. The number of benzene rings is 3. The molecule has 1 amide bonds. The number of methoxy groups -OCH3 is 1. The Morgan fingerprint density at radius 1 is 1.10 bits per heavy atom. The number of fused-ring (bicyclic) bond motifs is 1. The van der Waals surface area contributed by atoms with Crippen LogP contribution >= 0.6 is 11.6 Å². The molecule has 0 atom stereocenters. The second-order valence-corrected chi connectivity index (χ2v) is 6.96. The van der Waals surface area contributed by atoms with Gasteiger partial charge in [0, 0.05) is 16.1 Å². The first-order valence-electron chi connectivity index (χ1n) is 9.41. The van der Waals surface area contributed by atoms with Crippen molar-refractivity contribution in [2.75, 3.05) is 13.9 Å². The second-order valence-electron chi connectivity index (χ2n) is 6.56. The molecule has 0 saturated heterocycles. The van der Waals surface area contributed by atoms with Gasteiger partial charge >= 0.3 is 0 Å². The van der Waals surface area contributed by atoms with Crippen LogP contribution in [0.2, 0.25) is 5.02 Å². The van der Waals surface area contributed by atoms with Gasteiger partial charge in [0.25, 0.3) is 5.91 Å². The minimum atomic E-state index is -0.360. The maximum absolute atomic E-state index is 12.3. The molecule has 3 aromatic rings. The molecule has 31 heavy (non-hydrogen) atoms. The standard InChI is InChI=1S/C23H19ClN2O5/c1-28-21-10-15(6-8-19(21)29-13-17-4-2-3-5-18(17)24)12-25-26-23(27)16-7-9-20-22(11-16)31-14-30-20/h2-12H,13-14H2,1H3,(H,26,27)/b25-12+. The predicted molar refractivity (Wildman–Crippen MR) is 116 cm³/mol. The third kappa shape index (κ3) is 4.90. The van der Waals surface area contributed by atoms with Crippen LogP contribution in [-0.2, 0) is 6.61 Å². The van der Waals surface area contributed by atoms with E-state index >= 15 is 0 Å². The summed E-state index contributed by atoms with van der Waals surface area (Å²) in [7, 11) is 1.56. The van der Waals surface area contributed by atoms with Gasteiger partial charge in [0.05, 0.1) is 13.3 Å². The van der Waals surface area contributed by atoms with E-state index in [1.807, 2.05) is 24.3 Å². The maximum Gasteiger partial charge on any atom is 0.271 e. The second kappa shape index (κ2) is 9.40. The van der Waals surface area contributed by atoms with Gasteiger partial charge in [-0.25, -0.2) is 5.43 Å². The number of hydrazone groups is 1. The smallest absolute Gasteiger partial charge is 0.271 e. The van der Waals surface area contributed by atoms with Crippen molar-refractivity contribution in [3.05, 3.63) is 82.4 Å². The third-order valence-electron chi connectivity index (χ3n) is 4.54. The Kier molecular flexibility index (Phi) is 6.24. The molecule has 4 rings (SSSR count). The molecule has 0 aliphatic carbocycles. The summed E-state index contributed by atoms with van der Waals surface area (Å²) in [6.45, 7) is 0.466. The number of ether oxygens (including phenoxy) is 4. The predicted octanol–water partition coefficient (Wildman–Crippen LogP) is 4.42. The molecule has 0 saturated carbocycles. The molecular formula is C23H19ClN2O5. The molecule has 158 valence electrons. The van der Waals surface area contributed by atoms with Crippen LogP contribution in [0.3, 0.4) is 0 Å². The van der Waals surface area contributed by atoms with E-state index in [0.29, 0.717) is 40.2 Å². The van der Waals surface area contributed by atoms with Crippen molar-refractivity contribution in [3.8, 4) is 23.0 Å². The van der Waals surface area contributed by atoms with Crippen molar-refractivity contribution in [2.24, 2.45) is 5.10 Å². The van der Waals surface area contributed by atoms with Gasteiger partial charge in [-0.1, -0.05) is 29.8 Å². The summed E-state index contributed by atoms with van der Waals surface area (Å²) in [6.07, 6.45) is 1.52. The van der Waals surface area contributed by atoms with Crippen molar-refractivity contribution in [1.29, 1.82) is 0 Å². The van der Waals surface area contributed by atoms with Crippen LogP contribution in [0.5, 0.6) is 23.0 Å². The molecule has 0 spiro atoms. The van der Waals surface area contributed by atoms with Crippen molar-refractivity contribution in [1.82, 2.24) is 5.43 Å². The minimum Gasteiger partial charge on any atom is -0.493 e. The Hall–Kier alpha value is -3.71. The van der Waals surface area contributed by atoms with E-state index < -0.39 is 0 Å². The lowest BCUT2D eigenvalue weighted by molar-refractivity contribution is 0.0954. The zero-order valence-electron chi connectivity index (χ0n) is 16.6. The number of halogens is 1. The van der Waals surface area contributed by atoms with Crippen LogP contribution in [0.15, 0.2) is 65.8 Å². The number of carbonyl (C=O) groups is 1. The number of amides is 1. The van der Waals surface area contributed by atoms with Crippen molar-refractivity contribution in [2.45, 2.75) is 6.61 Å². The molecule has 1 aliphatic rings. The summed E-state index contributed by atoms with van der Waals surface area (Å²) in [5.41, 5.74) is 4.52. The van der Waals surface area contributed by atoms with Gasteiger partial charge in [-0.15, -0.1) is 0 Å². The van der Waals surface area contributed by atoms with Crippen LogP contribution in [0, 0.1) is 0 Å². The van der Waals surface area contributed by atoms with E-state index in [0.717, 1.165) is 11.1 Å². The van der Waals surface area contributed by atoms with E-state index in [9.17, 15) is 4.79 Å². The van der Waals surface area contributed by atoms with Crippen molar-refractivity contribution < 1.29 is 23.7 Å². The molecule has 1 aliphatic heterocycles. The lowest BCUT2D eigenvalue weighted by atomic mass is 10.2. The molecule has 1 heterocycles. The van der Waals surface area contributed by atoms with Gasteiger partial charge in [0.1, 0.15) is 6.61 Å². The molecule has 3 aromatic carbocycles. The highest BCUT2D eigenvalue weighted by molar-refractivity contribution is 6.31. The number of carbonyl (C=O) groups excluding carboxylic acids is 1. The van der Waals surface area contributed by atoms with E-state index in [1.165, 1.54) is 6.21 Å². The fourth-order valence-electron chi connectivity index (χ4n) is 2.92. The topological polar surface area (TPSA) is 78.4 Å². The average Bonchev–Trinajstić information content (AvgIpc) is 3.27. The van der Waals surface area contributed by atoms with Crippen LogP contribution in [-0.4, -0.2) is 26.0 Å². The van der Waals surface area contributed by atoms with Crippen LogP contribution in [0.4, 0.5) is 0 Å². The maximum atomic E-state index is 12.3. The number of rotatable bonds is 7. The summed E-state index contributed by atoms with van der Waals surface area (Å²) in [6, 6.07) is 17.8. The number of nitrogens with zero attached hydrogens (tertiary/aromatic N) is 1. The number of nitrogens with one attached hydrogen (secondary N) is 1. The summed E-state index contributed by atoms with van der Waals surface area (Å²) in [4.78, 5) is 12.3. The zero-order chi connectivity index (χ0) is 21.6. The van der Waals surface area contributed by atoms with Gasteiger partial charge in [-0.3, -0.25) is 4.79 Å². The lowest BCUT2D eigenvalue weighted by Crippen LogP contribution is -2.17. The average molecular weight is 439 g/mol.